The number of esters is 1. The molecule has 6 heteroatoms. The summed E-state index contributed by atoms with van der Waals surface area (Å²) in [6, 6.07) is 1.55. The summed E-state index contributed by atoms with van der Waals surface area (Å²) >= 11 is 0. The van der Waals surface area contributed by atoms with Gasteiger partial charge in [0, 0.05) is 25.4 Å². The van der Waals surface area contributed by atoms with E-state index in [1.807, 2.05) is 0 Å². The Kier molecular flexibility index (Phi) is 6.39. The molecule has 0 bridgehead atoms. The first kappa shape index (κ1) is 17.5. The van der Waals surface area contributed by atoms with E-state index in [4.69, 9.17) is 4.74 Å². The molecule has 1 aromatic rings. The van der Waals surface area contributed by atoms with E-state index in [-0.39, 0.29) is 0 Å². The third kappa shape index (κ3) is 6.27. The molecule has 118 valence electrons. The van der Waals surface area contributed by atoms with Crippen LogP contribution < -0.4 is 5.32 Å². The van der Waals surface area contributed by atoms with Gasteiger partial charge in [0.2, 0.25) is 0 Å². The van der Waals surface area contributed by atoms with E-state index in [2.05, 4.69) is 26.9 Å². The van der Waals surface area contributed by atoms with Crippen LogP contribution in [0.15, 0.2) is 18.5 Å². The number of carbonyl (C=O) groups is 2. The van der Waals surface area contributed by atoms with Crippen LogP contribution in [0, 0.1) is 11.8 Å². The van der Waals surface area contributed by atoms with Crippen LogP contribution in [0.4, 0.5) is 4.79 Å². The highest BCUT2D eigenvalue weighted by Crippen LogP contribution is 2.07. The number of methoxy groups -OCH3 is 1. The van der Waals surface area contributed by atoms with Crippen LogP contribution in [0.3, 0.4) is 0 Å². The van der Waals surface area contributed by atoms with Crippen molar-refractivity contribution in [2.24, 2.45) is 0 Å². The van der Waals surface area contributed by atoms with E-state index >= 15 is 0 Å². The van der Waals surface area contributed by atoms with Gasteiger partial charge in [0.15, 0.2) is 0 Å². The van der Waals surface area contributed by atoms with Crippen molar-refractivity contribution in [3.05, 3.63) is 29.6 Å². The number of nitrogens with zero attached hydrogens (tertiary/aromatic N) is 1. The van der Waals surface area contributed by atoms with E-state index in [9.17, 15) is 9.59 Å². The number of pyridine rings is 1. The zero-order valence-corrected chi connectivity index (χ0v) is 13.2. The van der Waals surface area contributed by atoms with Crippen LogP contribution in [-0.4, -0.2) is 36.3 Å². The van der Waals surface area contributed by atoms with E-state index in [1.54, 1.807) is 26.8 Å². The molecule has 0 aliphatic carbocycles. The fraction of sp³-hybridized carbons (Fsp3) is 0.438. The largest absolute Gasteiger partial charge is 0.465 e. The summed E-state index contributed by atoms with van der Waals surface area (Å²) in [4.78, 5) is 26.9. The standard InChI is InChI=1S/C16H20N2O4/c1-16(2,3)22-15(20)18-9-6-5-7-12-11-17-10-8-13(12)14(19)21-4/h8,10-11H,6,9H2,1-4H3,(H,18,20). The number of hydrogen-bond donors (Lipinski definition) is 1. The van der Waals surface area contributed by atoms with Crippen molar-refractivity contribution in [2.45, 2.75) is 32.8 Å². The third-order valence-corrected chi connectivity index (χ3v) is 2.37. The number of alkyl carbamates (subject to hydrolysis) is 1. The number of carbonyl (C=O) groups excluding carboxylic acids is 2. The number of hydrogen-bond acceptors (Lipinski definition) is 5. The molecule has 1 heterocycles. The lowest BCUT2D eigenvalue weighted by atomic mass is 10.1. The Morgan fingerprint density at radius 1 is 1.36 bits per heavy atom. The molecule has 0 saturated heterocycles. The van der Waals surface area contributed by atoms with E-state index in [0.717, 1.165) is 0 Å². The lowest BCUT2D eigenvalue weighted by Gasteiger charge is -2.19. The molecule has 0 fully saturated rings. The SMILES string of the molecule is COC(=O)c1ccncc1C#CCCNC(=O)OC(C)(C)C. The lowest BCUT2D eigenvalue weighted by molar-refractivity contribution is 0.0527. The molecule has 1 amide bonds. The molecule has 0 unspecified atom stereocenters. The highest BCUT2D eigenvalue weighted by molar-refractivity contribution is 5.92. The molecule has 0 aromatic carbocycles. The molecule has 22 heavy (non-hydrogen) atoms. The summed E-state index contributed by atoms with van der Waals surface area (Å²) in [5.74, 6) is 5.26. The highest BCUT2D eigenvalue weighted by atomic mass is 16.6. The monoisotopic (exact) mass is 304 g/mol. The minimum Gasteiger partial charge on any atom is -0.465 e. The predicted octanol–water partition coefficient (Wildman–Crippen LogP) is 2.13. The van der Waals surface area contributed by atoms with Gasteiger partial charge in [-0.15, -0.1) is 0 Å². The molecule has 6 nitrogen and oxygen atoms in total. The second kappa shape index (κ2) is 8.03. The zero-order chi connectivity index (χ0) is 16.6. The fourth-order valence-electron chi connectivity index (χ4n) is 1.48. The highest BCUT2D eigenvalue weighted by Gasteiger charge is 2.15. The smallest absolute Gasteiger partial charge is 0.407 e. The number of nitrogens with one attached hydrogen (secondary N) is 1. The van der Waals surface area contributed by atoms with Crippen LogP contribution in [0.1, 0.15) is 43.1 Å². The second-order valence-electron chi connectivity index (χ2n) is 5.39. The maximum absolute atomic E-state index is 11.6. The summed E-state index contributed by atoms with van der Waals surface area (Å²) in [6.45, 7) is 5.74. The Bertz CT molecular complexity index is 594. The number of ether oxygens (including phenoxy) is 2. The molecule has 1 N–H and O–H groups in total. The number of rotatable bonds is 3. The summed E-state index contributed by atoms with van der Waals surface area (Å²) in [5, 5.41) is 2.60. The average molecular weight is 304 g/mol. The minimum atomic E-state index is -0.527. The van der Waals surface area contributed by atoms with Crippen molar-refractivity contribution >= 4 is 12.1 Å². The molecule has 0 atom stereocenters. The van der Waals surface area contributed by atoms with Gasteiger partial charge in [-0.3, -0.25) is 4.98 Å². The van der Waals surface area contributed by atoms with E-state index in [1.165, 1.54) is 19.5 Å². The Labute approximate surface area is 130 Å². The van der Waals surface area contributed by atoms with Gasteiger partial charge in [-0.1, -0.05) is 11.8 Å². The van der Waals surface area contributed by atoms with Crippen molar-refractivity contribution in [3.8, 4) is 11.8 Å². The van der Waals surface area contributed by atoms with Gasteiger partial charge in [-0.25, -0.2) is 9.59 Å². The van der Waals surface area contributed by atoms with Gasteiger partial charge in [-0.05, 0) is 26.8 Å². The fourth-order valence-corrected chi connectivity index (χ4v) is 1.48. The molecule has 0 aliphatic heterocycles. The molecular formula is C16H20N2O4. The van der Waals surface area contributed by atoms with Gasteiger partial charge in [0.25, 0.3) is 0 Å². The van der Waals surface area contributed by atoms with E-state index in [0.29, 0.717) is 24.1 Å². The molecule has 0 saturated carbocycles. The quantitative estimate of drug-likeness (QED) is 0.526. The summed E-state index contributed by atoms with van der Waals surface area (Å²) in [6.07, 6.45) is 2.95. The Morgan fingerprint density at radius 3 is 2.73 bits per heavy atom. The van der Waals surface area contributed by atoms with Gasteiger partial charge in [0.1, 0.15) is 5.60 Å². The molecule has 0 spiro atoms. The normalized spacial score (nSPS) is 10.2. The first-order valence-electron chi connectivity index (χ1n) is 6.81. The van der Waals surface area contributed by atoms with Crippen LogP contribution in [0.2, 0.25) is 0 Å². The minimum absolute atomic E-state index is 0.357. The van der Waals surface area contributed by atoms with Gasteiger partial charge in [0.05, 0.1) is 18.2 Å². The van der Waals surface area contributed by atoms with Crippen LogP contribution >= 0.6 is 0 Å². The van der Waals surface area contributed by atoms with Crippen molar-refractivity contribution in [1.82, 2.24) is 10.3 Å². The van der Waals surface area contributed by atoms with Gasteiger partial charge >= 0.3 is 12.1 Å². The zero-order valence-electron chi connectivity index (χ0n) is 13.2. The van der Waals surface area contributed by atoms with Crippen molar-refractivity contribution in [2.75, 3.05) is 13.7 Å². The Balaban J connectivity index is 2.52. The molecule has 1 rings (SSSR count). The Hall–Kier alpha value is -2.55. The number of aromatic nitrogens is 1. The van der Waals surface area contributed by atoms with Gasteiger partial charge < -0.3 is 14.8 Å². The summed E-state index contributed by atoms with van der Waals surface area (Å²) < 4.78 is 9.77. The van der Waals surface area contributed by atoms with Crippen LogP contribution in [0.25, 0.3) is 0 Å². The maximum Gasteiger partial charge on any atom is 0.407 e. The number of amides is 1. The van der Waals surface area contributed by atoms with Crippen molar-refractivity contribution in [3.63, 3.8) is 0 Å². The second-order valence-corrected chi connectivity index (χ2v) is 5.39. The predicted molar refractivity (Wildman–Crippen MR) is 81.3 cm³/mol. The molecule has 0 radical (unpaired) electrons. The Morgan fingerprint density at radius 2 is 2.09 bits per heavy atom. The third-order valence-electron chi connectivity index (χ3n) is 2.37. The maximum atomic E-state index is 11.6. The van der Waals surface area contributed by atoms with E-state index < -0.39 is 17.7 Å². The lowest BCUT2D eigenvalue weighted by Crippen LogP contribution is -2.32. The van der Waals surface area contributed by atoms with Crippen LogP contribution in [-0.2, 0) is 9.47 Å². The average Bonchev–Trinajstić information content (AvgIpc) is 2.44. The van der Waals surface area contributed by atoms with Crippen molar-refractivity contribution < 1.29 is 19.1 Å². The topological polar surface area (TPSA) is 77.5 Å². The summed E-state index contributed by atoms with van der Waals surface area (Å²) in [5.41, 5.74) is 0.331. The van der Waals surface area contributed by atoms with Crippen LogP contribution in [0.5, 0.6) is 0 Å². The summed E-state index contributed by atoms with van der Waals surface area (Å²) in [7, 11) is 1.31. The van der Waals surface area contributed by atoms with Gasteiger partial charge in [-0.2, -0.15) is 0 Å². The molecule has 0 aliphatic rings. The van der Waals surface area contributed by atoms with Crippen molar-refractivity contribution in [1.29, 1.82) is 0 Å². The molecular weight excluding hydrogens is 284 g/mol. The molecule has 1 aromatic heterocycles. The first-order chi connectivity index (χ1) is 10.3. The first-order valence-corrected chi connectivity index (χ1v) is 6.81.